The first kappa shape index (κ1) is 22.9. The van der Waals surface area contributed by atoms with Gasteiger partial charge in [-0.25, -0.2) is 8.42 Å². The first-order valence-corrected chi connectivity index (χ1v) is 12.4. The number of sulfonamides is 1. The van der Waals surface area contributed by atoms with Crippen molar-refractivity contribution in [1.82, 2.24) is 14.8 Å². The summed E-state index contributed by atoms with van der Waals surface area (Å²) < 4.78 is 28.1. The van der Waals surface area contributed by atoms with Gasteiger partial charge in [-0.05, 0) is 73.0 Å². The standard InChI is InChI=1S/C25H28N4O3S/c1-19-5-8-23(16-20(19)2)27-33(31,32)24-9-6-22(7-10-24)25(30)29-14-12-28(13-15-29)18-21-4-3-11-26-17-21/h3-11,16-17,27H,12-15,18H2,1-2H3. The second-order valence-electron chi connectivity index (χ2n) is 8.36. The van der Waals surface area contributed by atoms with Crippen LogP contribution in [-0.2, 0) is 16.6 Å². The Morgan fingerprint density at radius 3 is 2.33 bits per heavy atom. The van der Waals surface area contributed by atoms with E-state index in [2.05, 4.69) is 20.7 Å². The minimum absolute atomic E-state index is 0.0814. The first-order valence-electron chi connectivity index (χ1n) is 10.9. The van der Waals surface area contributed by atoms with Crippen LogP contribution in [0.1, 0.15) is 27.0 Å². The van der Waals surface area contributed by atoms with Gasteiger partial charge in [0.25, 0.3) is 15.9 Å². The van der Waals surface area contributed by atoms with E-state index in [4.69, 9.17) is 0 Å². The lowest BCUT2D eigenvalue weighted by Crippen LogP contribution is -2.48. The largest absolute Gasteiger partial charge is 0.336 e. The number of nitrogens with zero attached hydrogens (tertiary/aromatic N) is 3. The summed E-state index contributed by atoms with van der Waals surface area (Å²) >= 11 is 0. The average molecular weight is 465 g/mol. The fraction of sp³-hybridized carbons (Fsp3) is 0.280. The van der Waals surface area contributed by atoms with Crippen molar-refractivity contribution in [1.29, 1.82) is 0 Å². The molecule has 0 aliphatic carbocycles. The molecule has 1 aliphatic rings. The molecular formula is C25H28N4O3S. The number of aryl methyl sites for hydroxylation is 2. The molecule has 1 saturated heterocycles. The number of benzene rings is 2. The molecule has 172 valence electrons. The number of hydrogen-bond acceptors (Lipinski definition) is 5. The van der Waals surface area contributed by atoms with Crippen LogP contribution >= 0.6 is 0 Å². The monoisotopic (exact) mass is 464 g/mol. The van der Waals surface area contributed by atoms with Gasteiger partial charge in [-0.1, -0.05) is 12.1 Å². The van der Waals surface area contributed by atoms with E-state index in [0.29, 0.717) is 24.3 Å². The molecule has 0 bridgehead atoms. The van der Waals surface area contributed by atoms with Crippen LogP contribution in [0, 0.1) is 13.8 Å². The van der Waals surface area contributed by atoms with Crippen LogP contribution in [0.2, 0.25) is 0 Å². The first-order chi connectivity index (χ1) is 15.8. The molecule has 1 amide bonds. The van der Waals surface area contributed by atoms with Gasteiger partial charge in [0.05, 0.1) is 4.90 Å². The lowest BCUT2D eigenvalue weighted by atomic mass is 10.1. The van der Waals surface area contributed by atoms with Crippen molar-refractivity contribution in [3.8, 4) is 0 Å². The maximum atomic E-state index is 12.9. The van der Waals surface area contributed by atoms with Crippen molar-refractivity contribution in [2.24, 2.45) is 0 Å². The van der Waals surface area contributed by atoms with E-state index in [1.165, 1.54) is 12.1 Å². The summed E-state index contributed by atoms with van der Waals surface area (Å²) in [6.07, 6.45) is 3.62. The number of pyridine rings is 1. The third-order valence-electron chi connectivity index (χ3n) is 5.96. The number of piperazine rings is 1. The molecule has 0 spiro atoms. The van der Waals surface area contributed by atoms with Crippen LogP contribution in [0.15, 0.2) is 71.9 Å². The molecule has 0 atom stereocenters. The van der Waals surface area contributed by atoms with Gasteiger partial charge < -0.3 is 4.90 Å². The summed E-state index contributed by atoms with van der Waals surface area (Å²) in [4.78, 5) is 21.3. The Morgan fingerprint density at radius 1 is 0.970 bits per heavy atom. The van der Waals surface area contributed by atoms with Crippen molar-refractivity contribution >= 4 is 21.6 Å². The highest BCUT2D eigenvalue weighted by molar-refractivity contribution is 7.92. The topological polar surface area (TPSA) is 82.6 Å². The second kappa shape index (κ2) is 9.72. The number of amides is 1. The molecule has 2 heterocycles. The van der Waals surface area contributed by atoms with Gasteiger partial charge in [-0.3, -0.25) is 19.4 Å². The number of carbonyl (C=O) groups excluding carboxylic acids is 1. The molecule has 1 aliphatic heterocycles. The van der Waals surface area contributed by atoms with Crippen LogP contribution in [0.25, 0.3) is 0 Å². The Bertz CT molecular complexity index is 1220. The van der Waals surface area contributed by atoms with Crippen molar-refractivity contribution in [2.75, 3.05) is 30.9 Å². The summed E-state index contributed by atoms with van der Waals surface area (Å²) in [5.41, 5.74) is 4.27. The Labute approximate surface area is 195 Å². The third-order valence-corrected chi connectivity index (χ3v) is 7.36. The highest BCUT2D eigenvalue weighted by Crippen LogP contribution is 2.20. The molecule has 8 heteroatoms. The number of aromatic nitrogens is 1. The van der Waals surface area contributed by atoms with Gasteiger partial charge in [0.2, 0.25) is 0 Å². The Kier molecular flexibility index (Phi) is 6.76. The van der Waals surface area contributed by atoms with Gasteiger partial charge in [-0.2, -0.15) is 0 Å². The fourth-order valence-electron chi connectivity index (χ4n) is 3.84. The van der Waals surface area contributed by atoms with Gasteiger partial charge in [0.1, 0.15) is 0 Å². The van der Waals surface area contributed by atoms with E-state index < -0.39 is 10.0 Å². The second-order valence-corrected chi connectivity index (χ2v) is 10.0. The van der Waals surface area contributed by atoms with Gasteiger partial charge >= 0.3 is 0 Å². The maximum Gasteiger partial charge on any atom is 0.261 e. The van der Waals surface area contributed by atoms with Gasteiger partial charge in [0.15, 0.2) is 0 Å². The van der Waals surface area contributed by atoms with Gasteiger partial charge in [0, 0.05) is 56.4 Å². The van der Waals surface area contributed by atoms with E-state index >= 15 is 0 Å². The molecule has 0 saturated carbocycles. The van der Waals surface area contributed by atoms with E-state index in [9.17, 15) is 13.2 Å². The quantitative estimate of drug-likeness (QED) is 0.604. The van der Waals surface area contributed by atoms with E-state index in [0.717, 1.165) is 36.3 Å². The minimum Gasteiger partial charge on any atom is -0.336 e. The third kappa shape index (κ3) is 5.58. The van der Waals surface area contributed by atoms with Crippen LogP contribution in [0.3, 0.4) is 0 Å². The number of anilines is 1. The van der Waals surface area contributed by atoms with Crippen molar-refractivity contribution in [3.05, 3.63) is 89.2 Å². The highest BCUT2D eigenvalue weighted by Gasteiger charge is 2.23. The normalized spacial score (nSPS) is 14.8. The molecule has 3 aromatic rings. The van der Waals surface area contributed by atoms with Crippen LogP contribution in [0.5, 0.6) is 0 Å². The highest BCUT2D eigenvalue weighted by atomic mass is 32.2. The zero-order chi connectivity index (χ0) is 23.4. The molecule has 1 fully saturated rings. The number of nitrogens with one attached hydrogen (secondary N) is 1. The van der Waals surface area contributed by atoms with E-state index in [1.54, 1.807) is 30.5 Å². The predicted octanol–water partition coefficient (Wildman–Crippen LogP) is 3.46. The Balaban J connectivity index is 1.36. The van der Waals surface area contributed by atoms with Crippen LogP contribution in [0.4, 0.5) is 5.69 Å². The van der Waals surface area contributed by atoms with Crippen molar-refractivity contribution in [3.63, 3.8) is 0 Å². The molecule has 7 nitrogen and oxygen atoms in total. The average Bonchev–Trinajstić information content (AvgIpc) is 2.82. The minimum atomic E-state index is -3.73. The fourth-order valence-corrected chi connectivity index (χ4v) is 4.89. The lowest BCUT2D eigenvalue weighted by molar-refractivity contribution is 0.0628. The molecule has 0 radical (unpaired) electrons. The Hall–Kier alpha value is -3.23. The maximum absolute atomic E-state index is 12.9. The zero-order valence-corrected chi connectivity index (χ0v) is 19.7. The molecule has 0 unspecified atom stereocenters. The summed E-state index contributed by atoms with van der Waals surface area (Å²) in [6, 6.07) is 15.5. The SMILES string of the molecule is Cc1ccc(NS(=O)(=O)c2ccc(C(=O)N3CCN(Cc4cccnc4)CC3)cc2)cc1C. The molecule has 1 N–H and O–H groups in total. The van der Waals surface area contributed by atoms with E-state index in [-0.39, 0.29) is 10.8 Å². The summed E-state index contributed by atoms with van der Waals surface area (Å²) in [7, 11) is -3.73. The predicted molar refractivity (Wildman–Crippen MR) is 129 cm³/mol. The molecule has 2 aromatic carbocycles. The summed E-state index contributed by atoms with van der Waals surface area (Å²) in [6.45, 7) is 7.56. The van der Waals surface area contributed by atoms with Crippen LogP contribution < -0.4 is 4.72 Å². The van der Waals surface area contributed by atoms with Crippen LogP contribution in [-0.4, -0.2) is 55.3 Å². The smallest absolute Gasteiger partial charge is 0.261 e. The number of rotatable bonds is 6. The summed E-state index contributed by atoms with van der Waals surface area (Å²) in [5.74, 6) is -0.0814. The van der Waals surface area contributed by atoms with Crippen molar-refractivity contribution in [2.45, 2.75) is 25.3 Å². The van der Waals surface area contributed by atoms with Gasteiger partial charge in [-0.15, -0.1) is 0 Å². The molecule has 1 aromatic heterocycles. The summed E-state index contributed by atoms with van der Waals surface area (Å²) in [5, 5.41) is 0. The Morgan fingerprint density at radius 2 is 1.70 bits per heavy atom. The molecule has 4 rings (SSSR count). The number of hydrogen-bond donors (Lipinski definition) is 1. The lowest BCUT2D eigenvalue weighted by Gasteiger charge is -2.34. The molecule has 33 heavy (non-hydrogen) atoms. The zero-order valence-electron chi connectivity index (χ0n) is 18.9. The number of carbonyl (C=O) groups is 1. The van der Waals surface area contributed by atoms with E-state index in [1.807, 2.05) is 37.1 Å². The van der Waals surface area contributed by atoms with Crippen molar-refractivity contribution < 1.29 is 13.2 Å². The molecular weight excluding hydrogens is 436 g/mol.